The van der Waals surface area contributed by atoms with E-state index >= 15 is 0 Å². The van der Waals surface area contributed by atoms with Crippen molar-refractivity contribution in [3.8, 4) is 57.3 Å². The van der Waals surface area contributed by atoms with Crippen molar-refractivity contribution in [3.63, 3.8) is 0 Å². The Morgan fingerprint density at radius 2 is 0.859 bits per heavy atom. The van der Waals surface area contributed by atoms with E-state index in [9.17, 15) is 38.0 Å². The smallest absolute Gasteiger partial charge is 0.277 e. The van der Waals surface area contributed by atoms with Gasteiger partial charge in [-0.05, 0) is 154 Å². The van der Waals surface area contributed by atoms with Crippen LogP contribution in [0.3, 0.4) is 0 Å². The Kier molecular flexibility index (Phi) is 31.6. The van der Waals surface area contributed by atoms with Gasteiger partial charge in [-0.25, -0.2) is 86.1 Å². The van der Waals surface area contributed by atoms with Crippen molar-refractivity contribution in [2.24, 2.45) is 17.8 Å². The number of fused-ring (bicyclic) bond motifs is 4. The maximum Gasteiger partial charge on any atom is 0.277 e. The summed E-state index contributed by atoms with van der Waals surface area (Å²) in [5, 5.41) is 37.1. The zero-order valence-electron chi connectivity index (χ0n) is 81.2. The normalized spacial score (nSPS) is 14.9. The molecule has 5 fully saturated rings. The van der Waals surface area contributed by atoms with Crippen LogP contribution >= 0.6 is 0 Å². The van der Waals surface area contributed by atoms with Crippen LogP contribution in [0.5, 0.6) is 11.6 Å². The molecule has 0 saturated carbocycles. The van der Waals surface area contributed by atoms with Crippen LogP contribution < -0.4 is 62.9 Å². The van der Waals surface area contributed by atoms with Crippen LogP contribution in [0.4, 0.5) is 28.2 Å². The highest BCUT2D eigenvalue weighted by Crippen LogP contribution is 2.36. The third kappa shape index (κ3) is 23.8. The van der Waals surface area contributed by atoms with Crippen LogP contribution in [0.25, 0.3) is 89.4 Å². The van der Waals surface area contributed by atoms with Crippen LogP contribution in [0.2, 0.25) is 0 Å². The quantitative estimate of drug-likeness (QED) is 0.0206. The first kappa shape index (κ1) is 100. The van der Waals surface area contributed by atoms with Gasteiger partial charge in [0.2, 0.25) is 29.7 Å². The molecule has 22 rings (SSSR count). The number of anilines is 4. The molecule has 40 nitrogen and oxygen atoms in total. The molecule has 0 bridgehead atoms. The van der Waals surface area contributed by atoms with Gasteiger partial charge in [-0.15, -0.1) is 0 Å². The second-order valence-electron chi connectivity index (χ2n) is 36.8. The zero-order chi connectivity index (χ0) is 103. The Hall–Kier alpha value is -17.2. The molecule has 0 atom stereocenters. The number of para-hydroxylation sites is 3. The van der Waals surface area contributed by atoms with E-state index < -0.39 is 35.0 Å². The number of morpholine rings is 1. The Bertz CT molecular complexity index is 7740. The fourth-order valence-corrected chi connectivity index (χ4v) is 18.9. The van der Waals surface area contributed by atoms with Crippen LogP contribution in [-0.4, -0.2) is 220 Å². The number of rotatable bonds is 24. The first-order valence-corrected chi connectivity index (χ1v) is 49.0. The summed E-state index contributed by atoms with van der Waals surface area (Å²) < 4.78 is 43.8. The van der Waals surface area contributed by atoms with Gasteiger partial charge in [-0.2, -0.15) is 0 Å². The average molecular weight is 2010 g/mol. The van der Waals surface area contributed by atoms with Crippen molar-refractivity contribution in [3.05, 3.63) is 332 Å². The number of amides is 4. The van der Waals surface area contributed by atoms with Gasteiger partial charge in [0.15, 0.2) is 11.6 Å². The monoisotopic (exact) mass is 2010 g/mol. The van der Waals surface area contributed by atoms with Gasteiger partial charge in [-0.3, -0.25) is 77.9 Å². The molecule has 149 heavy (non-hydrogen) atoms. The molecule has 41 heteroatoms. The standard InChI is InChI=1S/C30H26FN7O4.C28H26N6O4.C25H30N6O4.C25H24N6O3/c31-23-9-4-10-24-25(23)29(40)38(26(35-24)22-8-5-13-32-28(22)42-21-6-2-1-3-7-21)18-19-11-14-37(15-12-19)30-33-16-20(17-34-30)27(39)36-41;1-17-6-7-22-21(12-17)27(36)34(25(31-22)24-13-19-4-2-3-5-23(19)38-24)16-18-8-10-33(11-9-18)28-29-14-20(15-30-28)26(35)32-37;32-24(28-33)21-15-26-25(27-16-21)31-9-7-29(8-10-31)18-22-5-6-23(35-22)20-3-1-19(2-4-20)17-30-11-13-34-14-12-30;32-23(29-34)19-14-26-25(27-15-19)30-12-10-17(11-13-30)16-31-22(18-6-2-1-3-7-18)28-21-9-5-4-8-20(21)24(31)33/h1-10,13,16-17,19,41H,11-12,14-15,18H2,(H,36,39);2-7,12-15,18,37H,8-11,16H2,1H3,(H,32,35);1-6,15-16,33H,7-14,17-18H2,(H,28,32);1-9,14-15,17,34H,10-13,16H2,(H,29,32). The highest BCUT2D eigenvalue weighted by molar-refractivity contribution is 5.95. The van der Waals surface area contributed by atoms with E-state index in [4.69, 9.17) is 54.1 Å². The third-order valence-electron chi connectivity index (χ3n) is 27.0. The van der Waals surface area contributed by atoms with Gasteiger partial charge < -0.3 is 37.9 Å². The molecule has 7 aromatic carbocycles. The minimum absolute atomic E-state index is 0.0204. The number of halogens is 1. The van der Waals surface area contributed by atoms with Crippen molar-refractivity contribution in [1.82, 2.24) is 105 Å². The first-order valence-electron chi connectivity index (χ1n) is 49.0. The highest BCUT2D eigenvalue weighted by Gasteiger charge is 2.32. The second-order valence-corrected chi connectivity index (χ2v) is 36.8. The Morgan fingerprint density at radius 1 is 0.396 bits per heavy atom. The predicted molar refractivity (Wildman–Crippen MR) is 551 cm³/mol. The molecule has 0 spiro atoms. The lowest BCUT2D eigenvalue weighted by Gasteiger charge is -2.34. The van der Waals surface area contributed by atoms with E-state index in [0.717, 1.165) is 144 Å². The number of aryl methyl sites for hydroxylation is 1. The maximum atomic E-state index is 14.9. The second kappa shape index (κ2) is 46.9. The summed E-state index contributed by atoms with van der Waals surface area (Å²) in [6, 6.07) is 62.6. The largest absolute Gasteiger partial charge is 0.460 e. The molecule has 15 heterocycles. The number of hydroxylamine groups is 4. The van der Waals surface area contributed by atoms with E-state index in [1.165, 1.54) is 71.8 Å². The van der Waals surface area contributed by atoms with Gasteiger partial charge >= 0.3 is 0 Å². The number of piperazine rings is 1. The molecule has 5 saturated heterocycles. The fourth-order valence-electron chi connectivity index (χ4n) is 18.9. The molecule has 5 aliphatic heterocycles. The highest BCUT2D eigenvalue weighted by atomic mass is 19.1. The molecule has 0 radical (unpaired) electrons. The minimum Gasteiger partial charge on any atom is -0.460 e. The van der Waals surface area contributed by atoms with Gasteiger partial charge in [0.05, 0.1) is 74.9 Å². The summed E-state index contributed by atoms with van der Waals surface area (Å²) in [4.78, 5) is 153. The molecule has 760 valence electrons. The molecule has 17 aromatic rings. The number of aromatic nitrogens is 15. The van der Waals surface area contributed by atoms with Crippen LogP contribution in [-0.2, 0) is 37.5 Å². The third-order valence-corrected chi connectivity index (χ3v) is 27.0. The Balaban J connectivity index is 0.000000125. The predicted octanol–water partition coefficient (Wildman–Crippen LogP) is 13.1. The van der Waals surface area contributed by atoms with Crippen LogP contribution in [0.1, 0.15) is 96.8 Å². The number of carbonyl (C=O) groups is 4. The molecule has 0 unspecified atom stereocenters. The SMILES string of the molecule is Cc1ccc2nc(-c3cc4ccccc4o3)n(CC3CCN(c4ncc(C(=O)NO)cn4)CC3)c(=O)c2c1.O=C(NO)c1cnc(N2CCC(Cn3c(-c4ccccc4)nc4ccccc4c3=O)CC2)nc1.O=C(NO)c1cnc(N2CCC(Cn3c(-c4cccnc4Oc4ccccc4)nc4cccc(F)c4c3=O)CC2)nc1.O=C(NO)c1cnc(N2CCN(Cc3ccc(-c4ccc(CN5CCOCC5)cc4)o3)CC2)nc1. The van der Waals surface area contributed by atoms with Crippen molar-refractivity contribution < 1.29 is 62.7 Å². The number of hydrogen-bond donors (Lipinski definition) is 8. The molecule has 8 N–H and O–H groups in total. The van der Waals surface area contributed by atoms with E-state index in [1.54, 1.807) is 63.0 Å². The van der Waals surface area contributed by atoms with Crippen LogP contribution in [0.15, 0.2) is 279 Å². The summed E-state index contributed by atoms with van der Waals surface area (Å²) in [5.41, 5.74) is 13.7. The molecule has 0 aliphatic carbocycles. The Morgan fingerprint density at radius 3 is 1.40 bits per heavy atom. The topological polar surface area (TPSA) is 482 Å². The number of ether oxygens (including phenoxy) is 2. The number of piperidine rings is 3. The van der Waals surface area contributed by atoms with Gasteiger partial charge in [-0.1, -0.05) is 121 Å². The fraction of sp³-hybridized carbons (Fsp3) is 0.269. The number of hydrogen-bond acceptors (Lipinski definition) is 33. The van der Waals surface area contributed by atoms with Gasteiger partial charge in [0.25, 0.3) is 40.3 Å². The summed E-state index contributed by atoms with van der Waals surface area (Å²) in [6.45, 7) is 16.1. The molecular weight excluding hydrogens is 1910 g/mol. The zero-order valence-corrected chi connectivity index (χ0v) is 81.2. The van der Waals surface area contributed by atoms with E-state index in [-0.39, 0.29) is 62.0 Å². The first-order chi connectivity index (χ1) is 72.8. The summed E-state index contributed by atoms with van der Waals surface area (Å²) >= 11 is 0. The van der Waals surface area contributed by atoms with Crippen molar-refractivity contribution in [2.45, 2.75) is 78.2 Å². The molecule has 4 amide bonds. The summed E-state index contributed by atoms with van der Waals surface area (Å²) in [5.74, 6) is 4.36. The molecule has 5 aliphatic rings. The van der Waals surface area contributed by atoms with Gasteiger partial charge in [0.1, 0.15) is 45.7 Å². The van der Waals surface area contributed by atoms with Crippen molar-refractivity contribution >= 4 is 91.1 Å². The van der Waals surface area contributed by atoms with E-state index in [1.807, 2.05) is 144 Å². The number of benzene rings is 7. The average Bonchev–Trinajstić information content (AvgIpc) is 1.54. The number of nitrogens with one attached hydrogen (secondary N) is 4. The van der Waals surface area contributed by atoms with Crippen LogP contribution in [0, 0.1) is 30.5 Å². The lowest BCUT2D eigenvalue weighted by Crippen LogP contribution is -2.46. The molecular formula is C108H106FN25O15. The van der Waals surface area contributed by atoms with E-state index in [0.29, 0.717) is 145 Å². The summed E-state index contributed by atoms with van der Waals surface area (Å²) in [6.07, 6.45) is 17.5. The maximum absolute atomic E-state index is 14.9. The minimum atomic E-state index is -0.687. The molecule has 10 aromatic heterocycles. The summed E-state index contributed by atoms with van der Waals surface area (Å²) in [7, 11) is 0. The Labute approximate surface area is 851 Å². The van der Waals surface area contributed by atoms with Gasteiger partial charge in [0, 0.05) is 177 Å². The van der Waals surface area contributed by atoms with E-state index in [2.05, 4.69) is 99.7 Å². The number of pyridine rings is 1. The van der Waals surface area contributed by atoms with Crippen molar-refractivity contribution in [2.75, 3.05) is 111 Å². The lowest BCUT2D eigenvalue weighted by molar-refractivity contribution is 0.0342. The van der Waals surface area contributed by atoms with Crippen molar-refractivity contribution in [1.29, 1.82) is 0 Å². The number of nitrogens with zero attached hydrogens (tertiary/aromatic N) is 21. The number of furan rings is 2. The number of carbonyl (C=O) groups excluding carboxylic acids is 4. The lowest BCUT2D eigenvalue weighted by atomic mass is 9.96.